The van der Waals surface area contributed by atoms with Crippen LogP contribution in [-0.4, -0.2) is 37.1 Å². The molecule has 0 atom stereocenters. The van der Waals surface area contributed by atoms with Gasteiger partial charge in [-0.1, -0.05) is 18.2 Å². The van der Waals surface area contributed by atoms with E-state index in [1.807, 2.05) is 12.1 Å². The number of hydrogen-bond acceptors (Lipinski definition) is 5. The zero-order chi connectivity index (χ0) is 13.3. The summed E-state index contributed by atoms with van der Waals surface area (Å²) >= 11 is 0. The van der Waals surface area contributed by atoms with Crippen molar-refractivity contribution >= 4 is 16.3 Å². The molecule has 0 saturated carbocycles. The maximum absolute atomic E-state index is 11.3. The molecule has 2 rings (SSSR count). The average molecular weight is 267 g/mol. The molecule has 7 heteroatoms. The van der Waals surface area contributed by atoms with Crippen LogP contribution in [0.4, 0.5) is 0 Å². The van der Waals surface area contributed by atoms with E-state index in [0.29, 0.717) is 5.36 Å². The molecule has 1 aliphatic heterocycles. The number of nitrogens with zero attached hydrogens (tertiary/aromatic N) is 3. The Morgan fingerprint density at radius 3 is 2.50 bits per heavy atom. The highest BCUT2D eigenvalue weighted by Gasteiger charge is 2.16. The summed E-state index contributed by atoms with van der Waals surface area (Å²) in [7, 11) is -0.847. The molecule has 0 amide bonds. The standard InChI is InChI=1S/C11H13N3O3S/c1-13(2)14-7-9-5-3-4-6-10(9)12-11(8-14)18(15,16)17/h3-8H,1-2H3,(H,15,16,17). The molecule has 1 heterocycles. The monoisotopic (exact) mass is 267 g/mol. The minimum Gasteiger partial charge on any atom is -0.286 e. The van der Waals surface area contributed by atoms with E-state index in [-0.39, 0.29) is 0 Å². The first-order chi connectivity index (χ1) is 8.38. The van der Waals surface area contributed by atoms with Gasteiger partial charge in [-0.2, -0.15) is 8.42 Å². The van der Waals surface area contributed by atoms with Crippen LogP contribution in [0, 0.1) is 0 Å². The van der Waals surface area contributed by atoms with E-state index in [1.54, 1.807) is 42.4 Å². The van der Waals surface area contributed by atoms with E-state index < -0.39 is 15.1 Å². The molecule has 0 bridgehead atoms. The molecule has 6 nitrogen and oxygen atoms in total. The van der Waals surface area contributed by atoms with E-state index in [0.717, 1.165) is 5.22 Å². The Morgan fingerprint density at radius 1 is 1.22 bits per heavy atom. The second-order valence-corrected chi connectivity index (χ2v) is 5.34. The van der Waals surface area contributed by atoms with E-state index in [2.05, 4.69) is 4.99 Å². The number of rotatable bonds is 2. The van der Waals surface area contributed by atoms with Gasteiger partial charge in [0.2, 0.25) is 5.03 Å². The molecule has 0 spiro atoms. The van der Waals surface area contributed by atoms with Gasteiger partial charge >= 0.3 is 10.1 Å². The lowest BCUT2D eigenvalue weighted by molar-refractivity contribution is 0.164. The molecule has 1 aliphatic rings. The van der Waals surface area contributed by atoms with E-state index in [4.69, 9.17) is 4.55 Å². The summed E-state index contributed by atoms with van der Waals surface area (Å²) in [6.45, 7) is 0. The number of fused-ring (bicyclic) bond motifs is 1. The highest BCUT2D eigenvalue weighted by atomic mass is 32.2. The van der Waals surface area contributed by atoms with Crippen LogP contribution in [0.5, 0.6) is 0 Å². The van der Waals surface area contributed by atoms with Gasteiger partial charge in [-0.15, -0.1) is 0 Å². The van der Waals surface area contributed by atoms with Crippen molar-refractivity contribution in [3.8, 4) is 0 Å². The van der Waals surface area contributed by atoms with Crippen molar-refractivity contribution in [2.24, 2.45) is 4.99 Å². The Kier molecular flexibility index (Phi) is 3.20. The SMILES string of the molecule is CN(C)N1C=C(S(=O)(=O)O)N=c2ccccc2=C1. The normalized spacial score (nSPS) is 15.3. The predicted molar refractivity (Wildman–Crippen MR) is 66.8 cm³/mol. The molecule has 96 valence electrons. The van der Waals surface area contributed by atoms with E-state index in [1.165, 1.54) is 6.20 Å². The van der Waals surface area contributed by atoms with Crippen LogP contribution in [0.3, 0.4) is 0 Å². The summed E-state index contributed by atoms with van der Waals surface area (Å²) in [5.41, 5.74) is 0. The highest BCUT2D eigenvalue weighted by molar-refractivity contribution is 7.89. The molecule has 0 saturated heterocycles. The fraction of sp³-hybridized carbons (Fsp3) is 0.182. The van der Waals surface area contributed by atoms with E-state index >= 15 is 0 Å². The summed E-state index contributed by atoms with van der Waals surface area (Å²) in [4.78, 5) is 3.97. The lowest BCUT2D eigenvalue weighted by Gasteiger charge is -2.22. The van der Waals surface area contributed by atoms with Crippen LogP contribution < -0.4 is 10.6 Å². The second-order valence-electron chi connectivity index (χ2n) is 3.97. The van der Waals surface area contributed by atoms with E-state index in [9.17, 15) is 8.42 Å². The molecule has 1 N–H and O–H groups in total. The number of para-hydroxylation sites is 1. The van der Waals surface area contributed by atoms with Gasteiger partial charge in [0.05, 0.1) is 11.6 Å². The molecular formula is C11H13N3O3S. The van der Waals surface area contributed by atoms with Gasteiger partial charge in [0.15, 0.2) is 0 Å². The number of hydrogen-bond donors (Lipinski definition) is 1. The van der Waals surface area contributed by atoms with Crippen molar-refractivity contribution in [2.75, 3.05) is 14.1 Å². The zero-order valence-electron chi connectivity index (χ0n) is 9.98. The third-order valence-corrected chi connectivity index (χ3v) is 3.13. The molecule has 18 heavy (non-hydrogen) atoms. The second kappa shape index (κ2) is 4.52. The third-order valence-electron chi connectivity index (χ3n) is 2.41. The average Bonchev–Trinajstić information content (AvgIpc) is 2.47. The van der Waals surface area contributed by atoms with Crippen molar-refractivity contribution in [3.05, 3.63) is 46.1 Å². The van der Waals surface area contributed by atoms with Crippen LogP contribution in [0.15, 0.2) is 40.5 Å². The number of benzene rings is 1. The van der Waals surface area contributed by atoms with Crippen molar-refractivity contribution in [2.45, 2.75) is 0 Å². The van der Waals surface area contributed by atoms with Gasteiger partial charge in [-0.25, -0.2) is 10.0 Å². The lowest BCUT2D eigenvalue weighted by atomic mass is 10.3. The summed E-state index contributed by atoms with van der Waals surface area (Å²) in [6, 6.07) is 7.08. The van der Waals surface area contributed by atoms with Crippen LogP contribution in [0.25, 0.3) is 6.20 Å². The fourth-order valence-electron chi connectivity index (χ4n) is 1.49. The third kappa shape index (κ3) is 2.58. The van der Waals surface area contributed by atoms with Crippen molar-refractivity contribution < 1.29 is 13.0 Å². The minimum absolute atomic E-state index is 0.391. The molecule has 1 aromatic rings. The van der Waals surface area contributed by atoms with Gasteiger partial charge in [-0.05, 0) is 6.07 Å². The molecular weight excluding hydrogens is 254 g/mol. The first-order valence-electron chi connectivity index (χ1n) is 5.18. The molecule has 0 aliphatic carbocycles. The first kappa shape index (κ1) is 12.7. The minimum atomic E-state index is -4.35. The quantitative estimate of drug-likeness (QED) is 0.733. The first-order valence-corrected chi connectivity index (χ1v) is 6.62. The maximum Gasteiger partial charge on any atom is 0.313 e. The largest absolute Gasteiger partial charge is 0.313 e. The summed E-state index contributed by atoms with van der Waals surface area (Å²) < 4.78 is 31.6. The summed E-state index contributed by atoms with van der Waals surface area (Å²) in [5.74, 6) is 0. The Hall–Kier alpha value is -1.70. The summed E-state index contributed by atoms with van der Waals surface area (Å²) in [5, 5.41) is 4.07. The van der Waals surface area contributed by atoms with Gasteiger partial charge in [0.25, 0.3) is 0 Å². The number of hydrazine groups is 1. The Bertz CT molecular complexity index is 707. The predicted octanol–water partition coefficient (Wildman–Crippen LogP) is -0.477. The zero-order valence-corrected chi connectivity index (χ0v) is 10.8. The molecule has 1 aromatic carbocycles. The Morgan fingerprint density at radius 2 is 1.89 bits per heavy atom. The smallest absolute Gasteiger partial charge is 0.286 e. The fourth-order valence-corrected chi connectivity index (χ4v) is 1.95. The van der Waals surface area contributed by atoms with Crippen LogP contribution in [0.2, 0.25) is 0 Å². The molecule has 0 unspecified atom stereocenters. The molecule has 0 aromatic heterocycles. The van der Waals surface area contributed by atoms with Crippen molar-refractivity contribution in [3.63, 3.8) is 0 Å². The molecule has 0 radical (unpaired) electrons. The van der Waals surface area contributed by atoms with Gasteiger partial charge in [-0.3, -0.25) is 9.56 Å². The molecule has 0 fully saturated rings. The topological polar surface area (TPSA) is 73.2 Å². The highest BCUT2D eigenvalue weighted by Crippen LogP contribution is 2.09. The van der Waals surface area contributed by atoms with Gasteiger partial charge in [0, 0.05) is 25.5 Å². The van der Waals surface area contributed by atoms with Crippen LogP contribution in [-0.2, 0) is 10.1 Å². The summed E-state index contributed by atoms with van der Waals surface area (Å²) in [6.07, 6.45) is 2.99. The lowest BCUT2D eigenvalue weighted by Crippen LogP contribution is -2.32. The van der Waals surface area contributed by atoms with Crippen molar-refractivity contribution in [1.29, 1.82) is 0 Å². The van der Waals surface area contributed by atoms with Crippen LogP contribution in [0.1, 0.15) is 0 Å². The van der Waals surface area contributed by atoms with Gasteiger partial charge in [0.1, 0.15) is 0 Å². The Balaban J connectivity index is 2.75. The van der Waals surface area contributed by atoms with Crippen molar-refractivity contribution in [1.82, 2.24) is 10.0 Å². The van der Waals surface area contributed by atoms with Crippen LogP contribution >= 0.6 is 0 Å². The van der Waals surface area contributed by atoms with Gasteiger partial charge < -0.3 is 0 Å². The maximum atomic E-state index is 11.3. The Labute approximate surface area is 105 Å².